The molecule has 0 saturated heterocycles. The molecule has 0 aromatic carbocycles. The molecule has 0 heterocycles. The molecule has 0 unspecified atom stereocenters. The minimum absolute atomic E-state index is 0. The molecule has 2 rings (SSSR count). The summed E-state index contributed by atoms with van der Waals surface area (Å²) >= 11 is 0. The van der Waals surface area contributed by atoms with Crippen molar-refractivity contribution >= 4 is 24.8 Å². The molecule has 0 atom stereocenters. The van der Waals surface area contributed by atoms with Crippen LogP contribution in [0, 0.1) is 17.6 Å². The molecule has 0 aromatic rings. The predicted octanol–water partition coefficient (Wildman–Crippen LogP) is 5.87. The van der Waals surface area contributed by atoms with Gasteiger partial charge in [-0.15, -0.1) is 38.2 Å². The molecule has 23 heavy (non-hydrogen) atoms. The summed E-state index contributed by atoms with van der Waals surface area (Å²) in [5.74, 6) is 0. The van der Waals surface area contributed by atoms with E-state index < -0.39 is 0 Å². The normalized spacial score (nSPS) is 16.3. The molecule has 0 bridgehead atoms. The van der Waals surface area contributed by atoms with E-state index in [-0.39, 0.29) is 56.4 Å². The summed E-state index contributed by atoms with van der Waals surface area (Å²) in [6.45, 7) is 13.1. The zero-order valence-corrected chi connectivity index (χ0v) is 20.0. The molecule has 1 nitrogen and oxygen atoms in total. The van der Waals surface area contributed by atoms with Gasteiger partial charge in [-0.2, -0.15) is 17.2 Å². The van der Waals surface area contributed by atoms with Gasteiger partial charge in [0, 0.05) is 0 Å². The van der Waals surface area contributed by atoms with Crippen molar-refractivity contribution < 1.29 is 26.2 Å². The van der Waals surface area contributed by atoms with Crippen molar-refractivity contribution in [2.45, 2.75) is 54.4 Å². The van der Waals surface area contributed by atoms with Crippen molar-refractivity contribution in [2.24, 2.45) is 5.41 Å². The Hall–Kier alpha value is 0.383. The van der Waals surface area contributed by atoms with Crippen LogP contribution in [-0.2, 0) is 26.2 Å². The van der Waals surface area contributed by atoms with Gasteiger partial charge in [0.2, 0.25) is 0 Å². The number of allylic oxidation sites excluding steroid dienone is 8. The van der Waals surface area contributed by atoms with Crippen LogP contribution in [0.2, 0.25) is 0 Å². The summed E-state index contributed by atoms with van der Waals surface area (Å²) in [5.41, 5.74) is 5.76. The van der Waals surface area contributed by atoms with E-state index in [1.807, 2.05) is 14.1 Å². The van der Waals surface area contributed by atoms with E-state index in [0.29, 0.717) is 0 Å². The number of nitrogens with one attached hydrogen (secondary N) is 1. The van der Waals surface area contributed by atoms with E-state index >= 15 is 0 Å². The Morgan fingerprint density at radius 2 is 1.61 bits per heavy atom. The van der Waals surface area contributed by atoms with Crippen molar-refractivity contribution in [1.82, 2.24) is 5.32 Å². The van der Waals surface area contributed by atoms with Gasteiger partial charge in [0.25, 0.3) is 0 Å². The molecule has 0 spiro atoms. The predicted molar refractivity (Wildman–Crippen MR) is 105 cm³/mol. The number of hydrogen-bond donors (Lipinski definition) is 1. The van der Waals surface area contributed by atoms with Crippen molar-refractivity contribution in [3.63, 3.8) is 0 Å². The average molecular weight is 438 g/mol. The van der Waals surface area contributed by atoms with Crippen LogP contribution in [0.4, 0.5) is 0 Å². The summed E-state index contributed by atoms with van der Waals surface area (Å²) in [6, 6.07) is 0. The third kappa shape index (κ3) is 11.5. The molecule has 2 aliphatic rings. The monoisotopic (exact) mass is 435 g/mol. The van der Waals surface area contributed by atoms with Crippen LogP contribution in [0.5, 0.6) is 0 Å². The summed E-state index contributed by atoms with van der Waals surface area (Å²) in [6.07, 6.45) is 13.1. The van der Waals surface area contributed by atoms with Gasteiger partial charge in [-0.1, -0.05) is 46.5 Å². The minimum atomic E-state index is 0. The van der Waals surface area contributed by atoms with E-state index in [2.05, 4.69) is 71.2 Å². The topological polar surface area (TPSA) is 12.0 Å². The molecule has 0 radical (unpaired) electrons. The molecular weight excluding hydrogens is 404 g/mol. The van der Waals surface area contributed by atoms with Crippen molar-refractivity contribution in [2.75, 3.05) is 14.1 Å². The van der Waals surface area contributed by atoms with Crippen LogP contribution >= 0.6 is 24.8 Å². The van der Waals surface area contributed by atoms with Crippen molar-refractivity contribution in [3.8, 4) is 0 Å². The van der Waals surface area contributed by atoms with E-state index in [0.717, 1.165) is 12.8 Å². The molecule has 0 aliphatic heterocycles. The second-order valence-electron chi connectivity index (χ2n) is 5.79. The van der Waals surface area contributed by atoms with Gasteiger partial charge in [-0.3, -0.25) is 12.2 Å². The smallest absolute Gasteiger partial charge is 0.323 e. The van der Waals surface area contributed by atoms with E-state index in [1.54, 1.807) is 0 Å². The molecule has 132 valence electrons. The summed E-state index contributed by atoms with van der Waals surface area (Å²) in [4.78, 5) is 0. The number of hydrogen-bond acceptors (Lipinski definition) is 1. The van der Waals surface area contributed by atoms with Crippen molar-refractivity contribution in [1.29, 1.82) is 0 Å². The first-order valence-electron chi connectivity index (χ1n) is 7.44. The zero-order chi connectivity index (χ0) is 15.8. The van der Waals surface area contributed by atoms with Crippen LogP contribution < -0.4 is 5.32 Å². The van der Waals surface area contributed by atoms with Gasteiger partial charge >= 0.3 is 26.2 Å². The molecule has 4 heteroatoms. The molecular formula is C19H33Cl2NZr. The molecule has 0 aromatic heterocycles. The second-order valence-corrected chi connectivity index (χ2v) is 5.79. The van der Waals surface area contributed by atoms with Crippen molar-refractivity contribution in [3.05, 3.63) is 46.6 Å². The van der Waals surface area contributed by atoms with Gasteiger partial charge in [-0.05, 0) is 14.1 Å². The largest absolute Gasteiger partial charge is 2.00 e. The third-order valence-corrected chi connectivity index (χ3v) is 3.71. The maximum atomic E-state index is 3.44. The van der Waals surface area contributed by atoms with Crippen LogP contribution in [0.3, 0.4) is 0 Å². The first kappa shape index (κ1) is 31.2. The maximum Gasteiger partial charge on any atom is 2.00 e. The standard InChI is InChI=1S/C10H15.C7H9.C2H7N.2ClH.Zr/c1-7-6-10(4,5)9(3)8(7)2;1-2-7-5-3-4-6-7;1-3-2;;;/h1-5H3;3,5H,2,4H2,1H3;3H,1-2H3;2*1H;/q2*-1;;;;+2. The minimum Gasteiger partial charge on any atom is -0.323 e. The molecule has 0 fully saturated rings. The van der Waals surface area contributed by atoms with Gasteiger partial charge in [0.15, 0.2) is 0 Å². The Kier molecular flexibility index (Phi) is 21.5. The van der Waals surface area contributed by atoms with E-state index in [1.165, 1.54) is 22.3 Å². The van der Waals surface area contributed by atoms with E-state index in [9.17, 15) is 0 Å². The number of halogens is 2. The fourth-order valence-corrected chi connectivity index (χ4v) is 2.10. The number of rotatable bonds is 1. The first-order valence-corrected chi connectivity index (χ1v) is 7.44. The Morgan fingerprint density at radius 1 is 1.13 bits per heavy atom. The van der Waals surface area contributed by atoms with Crippen LogP contribution in [-0.4, -0.2) is 14.1 Å². The molecule has 0 amide bonds. The molecule has 1 N–H and O–H groups in total. The van der Waals surface area contributed by atoms with Crippen LogP contribution in [0.1, 0.15) is 54.4 Å². The van der Waals surface area contributed by atoms with Gasteiger partial charge in [0.05, 0.1) is 0 Å². The maximum absolute atomic E-state index is 3.44. The summed E-state index contributed by atoms with van der Waals surface area (Å²) < 4.78 is 0. The Morgan fingerprint density at radius 3 is 1.74 bits per heavy atom. The Balaban J connectivity index is -0.000000124. The Bertz CT molecular complexity index is 433. The second kappa shape index (κ2) is 15.9. The van der Waals surface area contributed by atoms with Crippen LogP contribution in [0.15, 0.2) is 34.4 Å². The fraction of sp³-hybridized carbons (Fsp3) is 0.579. The zero-order valence-electron chi connectivity index (χ0n) is 15.9. The Labute approximate surface area is 176 Å². The van der Waals surface area contributed by atoms with Gasteiger partial charge < -0.3 is 5.32 Å². The summed E-state index contributed by atoms with van der Waals surface area (Å²) in [7, 11) is 3.75. The summed E-state index contributed by atoms with van der Waals surface area (Å²) in [5, 5.41) is 2.75. The fourth-order valence-electron chi connectivity index (χ4n) is 2.10. The van der Waals surface area contributed by atoms with E-state index in [4.69, 9.17) is 0 Å². The third-order valence-electron chi connectivity index (χ3n) is 3.71. The van der Waals surface area contributed by atoms with Gasteiger partial charge in [0.1, 0.15) is 0 Å². The van der Waals surface area contributed by atoms with Gasteiger partial charge in [-0.25, -0.2) is 17.2 Å². The van der Waals surface area contributed by atoms with Crippen LogP contribution in [0.25, 0.3) is 0 Å². The first-order chi connectivity index (χ1) is 9.30. The average Bonchev–Trinajstić information content (AvgIpc) is 2.96. The molecule has 2 aliphatic carbocycles. The quantitative estimate of drug-likeness (QED) is 0.506. The SMILES string of the molecule is CC1=[C-]C(C)(C)C(C)=C1C.CCC1=[C-]CC=C1.CNC.Cl.Cl.[Zr+2]. The molecule has 0 saturated carbocycles.